The van der Waals surface area contributed by atoms with Crippen LogP contribution in [0.2, 0.25) is 0 Å². The zero-order valence-corrected chi connectivity index (χ0v) is 10.6. The van der Waals surface area contributed by atoms with Crippen LogP contribution in [0.3, 0.4) is 0 Å². The number of carbonyl (C=O) groups is 1. The first-order valence-electron chi connectivity index (χ1n) is 6.92. The van der Waals surface area contributed by atoms with Gasteiger partial charge in [0.15, 0.2) is 0 Å². The van der Waals surface area contributed by atoms with Crippen molar-refractivity contribution in [1.29, 1.82) is 0 Å². The van der Waals surface area contributed by atoms with Crippen LogP contribution in [0, 0.1) is 5.92 Å². The van der Waals surface area contributed by atoms with Crippen LogP contribution in [0.15, 0.2) is 18.2 Å². The minimum absolute atomic E-state index is 0.0525. The third-order valence-corrected chi connectivity index (χ3v) is 4.35. The summed E-state index contributed by atoms with van der Waals surface area (Å²) in [5.41, 5.74) is 9.45. The van der Waals surface area contributed by atoms with E-state index >= 15 is 0 Å². The zero-order chi connectivity index (χ0) is 12.5. The number of hydrogen-bond donors (Lipinski definition) is 2. The van der Waals surface area contributed by atoms with Crippen LogP contribution < -0.4 is 11.1 Å². The van der Waals surface area contributed by atoms with Gasteiger partial charge in [-0.2, -0.15) is 0 Å². The van der Waals surface area contributed by atoms with Gasteiger partial charge in [-0.05, 0) is 42.4 Å². The van der Waals surface area contributed by atoms with Gasteiger partial charge < -0.3 is 11.1 Å². The molecule has 1 aliphatic carbocycles. The summed E-state index contributed by atoms with van der Waals surface area (Å²) in [7, 11) is 0. The van der Waals surface area contributed by atoms with Crippen molar-refractivity contribution in [2.75, 3.05) is 6.54 Å². The van der Waals surface area contributed by atoms with Crippen molar-refractivity contribution in [2.45, 2.75) is 38.1 Å². The lowest BCUT2D eigenvalue weighted by Crippen LogP contribution is -2.32. The number of amides is 1. The second-order valence-electron chi connectivity index (χ2n) is 5.49. The molecule has 1 fully saturated rings. The Hall–Kier alpha value is -1.35. The van der Waals surface area contributed by atoms with Crippen LogP contribution in [-0.2, 0) is 6.42 Å². The molecule has 1 saturated carbocycles. The third-order valence-electron chi connectivity index (χ3n) is 4.35. The van der Waals surface area contributed by atoms with Gasteiger partial charge in [0.2, 0.25) is 0 Å². The summed E-state index contributed by atoms with van der Waals surface area (Å²) in [6, 6.07) is 6.29. The number of fused-ring (bicyclic) bond motifs is 1. The quantitative estimate of drug-likeness (QED) is 0.837. The van der Waals surface area contributed by atoms with Gasteiger partial charge in [-0.25, -0.2) is 0 Å². The lowest BCUT2D eigenvalue weighted by molar-refractivity contribution is 0.0946. The van der Waals surface area contributed by atoms with E-state index in [-0.39, 0.29) is 11.9 Å². The van der Waals surface area contributed by atoms with Crippen LogP contribution in [0.4, 0.5) is 0 Å². The maximum Gasteiger partial charge on any atom is 0.251 e. The molecule has 2 aliphatic rings. The molecule has 1 unspecified atom stereocenters. The largest absolute Gasteiger partial charge is 0.352 e. The molecule has 96 valence electrons. The Bertz CT molecular complexity index is 464. The monoisotopic (exact) mass is 244 g/mol. The average Bonchev–Trinajstić information content (AvgIpc) is 2.92. The highest BCUT2D eigenvalue weighted by atomic mass is 16.1. The zero-order valence-electron chi connectivity index (χ0n) is 10.6. The number of rotatable bonds is 2. The predicted molar refractivity (Wildman–Crippen MR) is 71.4 cm³/mol. The highest BCUT2D eigenvalue weighted by molar-refractivity contribution is 5.96. The maximum absolute atomic E-state index is 11.8. The van der Waals surface area contributed by atoms with Crippen molar-refractivity contribution in [2.24, 2.45) is 11.7 Å². The number of nitrogens with one attached hydrogen (secondary N) is 1. The highest BCUT2D eigenvalue weighted by Crippen LogP contribution is 2.34. The van der Waals surface area contributed by atoms with E-state index in [1.54, 1.807) is 0 Å². The number of carbonyl (C=O) groups excluding carboxylic acids is 1. The van der Waals surface area contributed by atoms with Crippen molar-refractivity contribution in [3.63, 3.8) is 0 Å². The molecular weight excluding hydrogens is 224 g/mol. The first kappa shape index (κ1) is 11.7. The van der Waals surface area contributed by atoms with Crippen LogP contribution >= 0.6 is 0 Å². The van der Waals surface area contributed by atoms with Gasteiger partial charge in [-0.1, -0.05) is 25.0 Å². The normalized spacial score (nSPS) is 21.5. The van der Waals surface area contributed by atoms with Crippen LogP contribution in [0.5, 0.6) is 0 Å². The fourth-order valence-electron chi connectivity index (χ4n) is 3.23. The molecule has 0 aromatic heterocycles. The van der Waals surface area contributed by atoms with Crippen molar-refractivity contribution in [1.82, 2.24) is 5.32 Å². The first-order chi connectivity index (χ1) is 8.75. The molecule has 3 nitrogen and oxygen atoms in total. The predicted octanol–water partition coefficient (Wildman–Crippen LogP) is 2.16. The number of nitrogens with two attached hydrogens (primary N) is 1. The van der Waals surface area contributed by atoms with Crippen molar-refractivity contribution in [3.8, 4) is 0 Å². The van der Waals surface area contributed by atoms with E-state index in [9.17, 15) is 4.79 Å². The molecule has 0 radical (unpaired) electrons. The van der Waals surface area contributed by atoms with E-state index in [4.69, 9.17) is 5.73 Å². The molecule has 3 N–H and O–H groups in total. The molecule has 0 spiro atoms. The summed E-state index contributed by atoms with van der Waals surface area (Å²) < 4.78 is 0. The molecule has 1 atom stereocenters. The topological polar surface area (TPSA) is 55.1 Å². The van der Waals surface area contributed by atoms with Gasteiger partial charge in [-0.15, -0.1) is 0 Å². The van der Waals surface area contributed by atoms with E-state index in [1.807, 2.05) is 6.07 Å². The Morgan fingerprint density at radius 3 is 2.83 bits per heavy atom. The molecule has 3 rings (SSSR count). The van der Waals surface area contributed by atoms with Crippen molar-refractivity contribution >= 4 is 5.91 Å². The van der Waals surface area contributed by atoms with Gasteiger partial charge in [0.1, 0.15) is 0 Å². The Kier molecular flexibility index (Phi) is 3.08. The van der Waals surface area contributed by atoms with Crippen LogP contribution in [0.25, 0.3) is 0 Å². The maximum atomic E-state index is 11.8. The van der Waals surface area contributed by atoms with Gasteiger partial charge in [-0.3, -0.25) is 4.79 Å². The number of benzene rings is 1. The molecule has 1 amide bonds. The third kappa shape index (κ3) is 2.03. The summed E-state index contributed by atoms with van der Waals surface area (Å²) >= 11 is 0. The first-order valence-corrected chi connectivity index (χ1v) is 6.92. The molecule has 0 saturated heterocycles. The Morgan fingerprint density at radius 1 is 1.28 bits per heavy atom. The number of hydrogen-bond acceptors (Lipinski definition) is 2. The second-order valence-corrected chi connectivity index (χ2v) is 5.49. The van der Waals surface area contributed by atoms with E-state index in [2.05, 4.69) is 17.4 Å². The molecule has 3 heteroatoms. The summed E-state index contributed by atoms with van der Waals surface area (Å²) in [5.74, 6) is 0.645. The minimum Gasteiger partial charge on any atom is -0.352 e. The highest BCUT2D eigenvalue weighted by Gasteiger charge is 2.25. The fraction of sp³-hybridized carbons (Fsp3) is 0.533. The van der Waals surface area contributed by atoms with Gasteiger partial charge in [0.05, 0.1) is 0 Å². The summed E-state index contributed by atoms with van der Waals surface area (Å²) in [6.07, 6.45) is 5.97. The fourth-order valence-corrected chi connectivity index (χ4v) is 3.23. The molecule has 0 bridgehead atoms. The van der Waals surface area contributed by atoms with Crippen molar-refractivity contribution in [3.05, 3.63) is 34.9 Å². The Labute approximate surface area is 108 Å². The molecule has 1 aliphatic heterocycles. The van der Waals surface area contributed by atoms with E-state index < -0.39 is 0 Å². The smallest absolute Gasteiger partial charge is 0.251 e. The van der Waals surface area contributed by atoms with Gasteiger partial charge >= 0.3 is 0 Å². The van der Waals surface area contributed by atoms with Gasteiger partial charge in [0, 0.05) is 18.2 Å². The summed E-state index contributed by atoms with van der Waals surface area (Å²) in [6.45, 7) is 0.750. The Balaban J connectivity index is 1.88. The standard InChI is InChI=1S/C15H20N2O/c16-14(11-3-1-2-4-11)12-6-5-10-7-8-17-15(18)13(10)9-12/h5-6,9,11,14H,1-4,7-8,16H2,(H,17,18). The molecule has 1 aromatic rings. The van der Waals surface area contributed by atoms with Crippen LogP contribution in [-0.4, -0.2) is 12.5 Å². The van der Waals surface area contributed by atoms with E-state index in [0.717, 1.165) is 29.7 Å². The van der Waals surface area contributed by atoms with Crippen LogP contribution in [0.1, 0.15) is 53.2 Å². The Morgan fingerprint density at radius 2 is 2.06 bits per heavy atom. The summed E-state index contributed by atoms with van der Waals surface area (Å²) in [4.78, 5) is 11.8. The lowest BCUT2D eigenvalue weighted by atomic mass is 9.89. The lowest BCUT2D eigenvalue weighted by Gasteiger charge is -2.22. The van der Waals surface area contributed by atoms with Crippen molar-refractivity contribution < 1.29 is 4.79 Å². The molecule has 1 heterocycles. The molecule has 1 aromatic carbocycles. The SMILES string of the molecule is NC(c1ccc2c(c1)C(=O)NCC2)C1CCCC1. The molecule has 18 heavy (non-hydrogen) atoms. The van der Waals surface area contributed by atoms with E-state index in [1.165, 1.54) is 25.7 Å². The van der Waals surface area contributed by atoms with E-state index in [0.29, 0.717) is 5.92 Å². The second kappa shape index (κ2) is 4.73. The molecular formula is C15H20N2O. The average molecular weight is 244 g/mol. The summed E-state index contributed by atoms with van der Waals surface area (Å²) in [5, 5.41) is 2.89. The van der Waals surface area contributed by atoms with Gasteiger partial charge in [0.25, 0.3) is 5.91 Å². The minimum atomic E-state index is 0.0525.